The predicted octanol–water partition coefficient (Wildman–Crippen LogP) is 1.36. The number of hydrogen-bond acceptors (Lipinski definition) is 3. The second kappa shape index (κ2) is 3.06. The summed E-state index contributed by atoms with van der Waals surface area (Å²) < 4.78 is 0. The van der Waals surface area contributed by atoms with Crippen molar-refractivity contribution in [2.75, 3.05) is 0 Å². The molecule has 0 atom stereocenters. The monoisotopic (exact) mass is 180 g/mol. The van der Waals surface area contributed by atoms with Crippen molar-refractivity contribution in [2.45, 2.75) is 12.8 Å². The van der Waals surface area contributed by atoms with Gasteiger partial charge in [0.05, 0.1) is 10.6 Å². The maximum absolute atomic E-state index is 10.8. The fourth-order valence-corrected chi connectivity index (χ4v) is 1.84. The van der Waals surface area contributed by atoms with Crippen LogP contribution in [0.25, 0.3) is 0 Å². The van der Waals surface area contributed by atoms with E-state index in [4.69, 9.17) is 0 Å². The van der Waals surface area contributed by atoms with Crippen LogP contribution >= 0.6 is 11.3 Å². The normalized spacial score (nSPS) is 17.0. The number of nitrogens with zero attached hydrogens (tertiary/aromatic N) is 1. The fourth-order valence-electron chi connectivity index (χ4n) is 1.09. The van der Waals surface area contributed by atoms with Gasteiger partial charge >= 0.3 is 0 Å². The fraction of sp³-hybridized carbons (Fsp3) is 0.250. The third-order valence-electron chi connectivity index (χ3n) is 1.71. The SMILES string of the molecule is O=C1CCC(c2cccs2)=NN1. The highest BCUT2D eigenvalue weighted by Crippen LogP contribution is 2.14. The number of amides is 1. The van der Waals surface area contributed by atoms with Gasteiger partial charge in [-0.1, -0.05) is 6.07 Å². The summed E-state index contributed by atoms with van der Waals surface area (Å²) in [7, 11) is 0. The Labute approximate surface area is 74.1 Å². The van der Waals surface area contributed by atoms with Crippen molar-refractivity contribution in [3.63, 3.8) is 0 Å². The minimum Gasteiger partial charge on any atom is -0.273 e. The molecule has 1 aliphatic rings. The summed E-state index contributed by atoms with van der Waals surface area (Å²) in [5, 5.41) is 5.99. The highest BCUT2D eigenvalue weighted by molar-refractivity contribution is 7.12. The molecule has 0 aliphatic carbocycles. The third kappa shape index (κ3) is 1.38. The first kappa shape index (κ1) is 7.49. The van der Waals surface area contributed by atoms with Gasteiger partial charge in [0, 0.05) is 12.8 Å². The average Bonchev–Trinajstić information content (AvgIpc) is 2.58. The number of rotatable bonds is 1. The molecule has 0 radical (unpaired) electrons. The molecule has 3 nitrogen and oxygen atoms in total. The van der Waals surface area contributed by atoms with Crippen LogP contribution in [0.5, 0.6) is 0 Å². The van der Waals surface area contributed by atoms with Crippen molar-refractivity contribution in [3.8, 4) is 0 Å². The average molecular weight is 180 g/mol. The van der Waals surface area contributed by atoms with E-state index < -0.39 is 0 Å². The standard InChI is InChI=1S/C8H8N2OS/c11-8-4-3-6(9-10-8)7-2-1-5-12-7/h1-2,5H,3-4H2,(H,10,11). The molecule has 0 bridgehead atoms. The molecule has 2 heterocycles. The van der Waals surface area contributed by atoms with E-state index in [9.17, 15) is 4.79 Å². The van der Waals surface area contributed by atoms with Gasteiger partial charge < -0.3 is 0 Å². The zero-order valence-electron chi connectivity index (χ0n) is 6.41. The molecule has 1 amide bonds. The van der Waals surface area contributed by atoms with Gasteiger partial charge in [-0.15, -0.1) is 11.3 Å². The Kier molecular flexibility index (Phi) is 1.91. The van der Waals surface area contributed by atoms with Crippen LogP contribution in [0.2, 0.25) is 0 Å². The van der Waals surface area contributed by atoms with Gasteiger partial charge in [-0.05, 0) is 11.4 Å². The number of hydrogen-bond donors (Lipinski definition) is 1. The van der Waals surface area contributed by atoms with Gasteiger partial charge in [-0.3, -0.25) is 4.79 Å². The first-order valence-electron chi connectivity index (χ1n) is 3.75. The summed E-state index contributed by atoms with van der Waals surface area (Å²) in [5.41, 5.74) is 3.47. The quantitative estimate of drug-likeness (QED) is 0.696. The number of carbonyl (C=O) groups is 1. The van der Waals surface area contributed by atoms with E-state index >= 15 is 0 Å². The van der Waals surface area contributed by atoms with Gasteiger partial charge in [-0.2, -0.15) is 5.10 Å². The molecule has 4 heteroatoms. The minimum absolute atomic E-state index is 0.00954. The predicted molar refractivity (Wildman–Crippen MR) is 48.2 cm³/mol. The molecule has 0 fully saturated rings. The number of nitrogens with one attached hydrogen (secondary N) is 1. The van der Waals surface area contributed by atoms with Gasteiger partial charge in [0.15, 0.2) is 0 Å². The Balaban J connectivity index is 2.21. The molecule has 0 unspecified atom stereocenters. The Bertz CT molecular complexity index is 316. The van der Waals surface area contributed by atoms with Gasteiger partial charge in [-0.25, -0.2) is 5.43 Å². The second-order valence-corrected chi connectivity index (χ2v) is 3.52. The molecule has 0 saturated heterocycles. The molecule has 2 rings (SSSR count). The molecular weight excluding hydrogens is 172 g/mol. The molecule has 12 heavy (non-hydrogen) atoms. The van der Waals surface area contributed by atoms with E-state index in [1.807, 2.05) is 17.5 Å². The summed E-state index contributed by atoms with van der Waals surface area (Å²) in [6, 6.07) is 4.00. The lowest BCUT2D eigenvalue weighted by atomic mass is 10.1. The van der Waals surface area contributed by atoms with Crippen molar-refractivity contribution in [2.24, 2.45) is 5.10 Å². The molecule has 1 aromatic rings. The van der Waals surface area contributed by atoms with Crippen LogP contribution in [0.1, 0.15) is 17.7 Å². The zero-order chi connectivity index (χ0) is 8.39. The van der Waals surface area contributed by atoms with Crippen molar-refractivity contribution in [1.82, 2.24) is 5.43 Å². The largest absolute Gasteiger partial charge is 0.273 e. The molecule has 1 aromatic heterocycles. The first-order valence-corrected chi connectivity index (χ1v) is 4.63. The van der Waals surface area contributed by atoms with Crippen molar-refractivity contribution >= 4 is 23.0 Å². The maximum atomic E-state index is 10.8. The van der Waals surface area contributed by atoms with Crippen LogP contribution in [-0.4, -0.2) is 11.6 Å². The van der Waals surface area contributed by atoms with Crippen LogP contribution in [-0.2, 0) is 4.79 Å². The van der Waals surface area contributed by atoms with E-state index in [1.165, 1.54) is 0 Å². The summed E-state index contributed by atoms with van der Waals surface area (Å²) >= 11 is 1.65. The van der Waals surface area contributed by atoms with E-state index in [0.29, 0.717) is 6.42 Å². The van der Waals surface area contributed by atoms with Crippen LogP contribution in [0.4, 0.5) is 0 Å². The zero-order valence-corrected chi connectivity index (χ0v) is 7.23. The lowest BCUT2D eigenvalue weighted by molar-refractivity contribution is -0.121. The van der Waals surface area contributed by atoms with Gasteiger partial charge in [0.25, 0.3) is 0 Å². The molecular formula is C8H8N2OS. The lowest BCUT2D eigenvalue weighted by Crippen LogP contribution is -2.25. The Morgan fingerprint density at radius 1 is 1.50 bits per heavy atom. The van der Waals surface area contributed by atoms with Gasteiger partial charge in [0.2, 0.25) is 5.91 Å². The smallest absolute Gasteiger partial charge is 0.240 e. The van der Waals surface area contributed by atoms with E-state index in [1.54, 1.807) is 11.3 Å². The van der Waals surface area contributed by atoms with Gasteiger partial charge in [0.1, 0.15) is 0 Å². The summed E-state index contributed by atoms with van der Waals surface area (Å²) in [4.78, 5) is 11.9. The summed E-state index contributed by atoms with van der Waals surface area (Å²) in [6.45, 7) is 0. The number of hydrazone groups is 1. The summed E-state index contributed by atoms with van der Waals surface area (Å²) in [6.07, 6.45) is 1.31. The number of thiophene rings is 1. The summed E-state index contributed by atoms with van der Waals surface area (Å²) in [5.74, 6) is 0.00954. The lowest BCUT2D eigenvalue weighted by Gasteiger charge is -2.09. The molecule has 1 aliphatic heterocycles. The Morgan fingerprint density at radius 2 is 2.42 bits per heavy atom. The topological polar surface area (TPSA) is 41.5 Å². The molecule has 0 aromatic carbocycles. The van der Waals surface area contributed by atoms with Crippen molar-refractivity contribution in [1.29, 1.82) is 0 Å². The molecule has 1 N–H and O–H groups in total. The highest BCUT2D eigenvalue weighted by atomic mass is 32.1. The first-order chi connectivity index (χ1) is 5.86. The molecule has 0 saturated carbocycles. The minimum atomic E-state index is 0.00954. The Morgan fingerprint density at radius 3 is 3.00 bits per heavy atom. The molecule has 0 spiro atoms. The van der Waals surface area contributed by atoms with E-state index in [2.05, 4.69) is 10.5 Å². The number of carbonyl (C=O) groups excluding carboxylic acids is 1. The van der Waals surface area contributed by atoms with E-state index in [-0.39, 0.29) is 5.91 Å². The van der Waals surface area contributed by atoms with Crippen molar-refractivity contribution < 1.29 is 4.79 Å². The van der Waals surface area contributed by atoms with Crippen molar-refractivity contribution in [3.05, 3.63) is 22.4 Å². The second-order valence-electron chi connectivity index (χ2n) is 2.57. The van der Waals surface area contributed by atoms with E-state index in [0.717, 1.165) is 17.0 Å². The third-order valence-corrected chi connectivity index (χ3v) is 2.63. The highest BCUT2D eigenvalue weighted by Gasteiger charge is 2.13. The molecule has 62 valence electrons. The Hall–Kier alpha value is -1.16. The van der Waals surface area contributed by atoms with Crippen LogP contribution < -0.4 is 5.43 Å². The van der Waals surface area contributed by atoms with Crippen LogP contribution in [0.15, 0.2) is 22.6 Å². The maximum Gasteiger partial charge on any atom is 0.240 e. The van der Waals surface area contributed by atoms with Crippen LogP contribution in [0.3, 0.4) is 0 Å². The van der Waals surface area contributed by atoms with Crippen LogP contribution in [0, 0.1) is 0 Å².